The molecule has 0 aliphatic heterocycles. The summed E-state index contributed by atoms with van der Waals surface area (Å²) in [6.45, 7) is 0. The fourth-order valence-corrected chi connectivity index (χ4v) is 2.04. The van der Waals surface area contributed by atoms with Crippen LogP contribution in [0.15, 0.2) is 24.3 Å². The number of carbonyl (C=O) groups is 2. The van der Waals surface area contributed by atoms with Crippen molar-refractivity contribution < 1.29 is 19.1 Å². The van der Waals surface area contributed by atoms with Crippen LogP contribution in [-0.4, -0.2) is 42.2 Å². The van der Waals surface area contributed by atoms with E-state index in [9.17, 15) is 14.0 Å². The smallest absolute Gasteiger partial charge is 0.326 e. The Labute approximate surface area is 121 Å². The predicted octanol–water partition coefficient (Wildman–Crippen LogP) is 2.18. The Morgan fingerprint density at radius 1 is 1.45 bits per heavy atom. The molecule has 0 saturated heterocycles. The van der Waals surface area contributed by atoms with Gasteiger partial charge in [-0.15, -0.1) is 0 Å². The molecule has 1 aromatic rings. The zero-order valence-electron chi connectivity index (χ0n) is 11.3. The Morgan fingerprint density at radius 3 is 2.65 bits per heavy atom. The first-order valence-corrected chi connectivity index (χ1v) is 7.37. The lowest BCUT2D eigenvalue weighted by Gasteiger charge is -2.21. The number of nitrogens with zero attached hydrogens (tertiary/aromatic N) is 1. The van der Waals surface area contributed by atoms with Gasteiger partial charge < -0.3 is 10.4 Å². The van der Waals surface area contributed by atoms with Gasteiger partial charge in [-0.2, -0.15) is 11.8 Å². The SMILES string of the molecule is CSCC[C@@H](NC(=O)N(C)c1ccccc1F)C(=O)O. The van der Waals surface area contributed by atoms with Crippen LogP contribution in [0.3, 0.4) is 0 Å². The number of rotatable bonds is 6. The normalized spacial score (nSPS) is 11.8. The highest BCUT2D eigenvalue weighted by Crippen LogP contribution is 2.17. The molecule has 0 saturated carbocycles. The number of urea groups is 1. The van der Waals surface area contributed by atoms with Crippen LogP contribution in [0.4, 0.5) is 14.9 Å². The Bertz CT molecular complexity index is 484. The van der Waals surface area contributed by atoms with Crippen molar-refractivity contribution in [3.8, 4) is 0 Å². The molecule has 0 fully saturated rings. The lowest BCUT2D eigenvalue weighted by molar-refractivity contribution is -0.139. The molecule has 20 heavy (non-hydrogen) atoms. The number of anilines is 1. The summed E-state index contributed by atoms with van der Waals surface area (Å²) in [4.78, 5) is 24.1. The number of para-hydroxylation sites is 1. The number of hydrogen-bond acceptors (Lipinski definition) is 3. The molecule has 2 N–H and O–H groups in total. The second kappa shape index (κ2) is 7.74. The second-order valence-corrected chi connectivity index (χ2v) is 5.12. The van der Waals surface area contributed by atoms with Crippen molar-refractivity contribution in [1.29, 1.82) is 0 Å². The molecule has 0 heterocycles. The fourth-order valence-electron chi connectivity index (χ4n) is 1.57. The molecule has 0 unspecified atom stereocenters. The highest BCUT2D eigenvalue weighted by molar-refractivity contribution is 7.98. The van der Waals surface area contributed by atoms with Crippen molar-refractivity contribution in [2.45, 2.75) is 12.5 Å². The van der Waals surface area contributed by atoms with Crippen molar-refractivity contribution in [3.05, 3.63) is 30.1 Å². The van der Waals surface area contributed by atoms with Crippen molar-refractivity contribution in [2.75, 3.05) is 24.0 Å². The van der Waals surface area contributed by atoms with Crippen LogP contribution in [0.1, 0.15) is 6.42 Å². The molecule has 1 rings (SSSR count). The van der Waals surface area contributed by atoms with Gasteiger partial charge in [0.15, 0.2) is 0 Å². The zero-order chi connectivity index (χ0) is 15.1. The number of benzene rings is 1. The van der Waals surface area contributed by atoms with Gasteiger partial charge >= 0.3 is 12.0 Å². The minimum atomic E-state index is -1.10. The van der Waals surface area contributed by atoms with E-state index in [0.717, 1.165) is 4.90 Å². The average molecular weight is 300 g/mol. The van der Waals surface area contributed by atoms with Crippen LogP contribution >= 0.6 is 11.8 Å². The van der Waals surface area contributed by atoms with Gasteiger partial charge in [-0.3, -0.25) is 4.90 Å². The molecule has 110 valence electrons. The molecule has 1 aromatic carbocycles. The van der Waals surface area contributed by atoms with Crippen molar-refractivity contribution in [1.82, 2.24) is 5.32 Å². The molecule has 7 heteroatoms. The maximum Gasteiger partial charge on any atom is 0.326 e. The van der Waals surface area contributed by atoms with Gasteiger partial charge in [0.1, 0.15) is 11.9 Å². The Hall–Kier alpha value is -1.76. The van der Waals surface area contributed by atoms with Crippen LogP contribution in [0, 0.1) is 5.82 Å². The summed E-state index contributed by atoms with van der Waals surface area (Å²) >= 11 is 1.49. The largest absolute Gasteiger partial charge is 0.480 e. The van der Waals surface area contributed by atoms with E-state index in [0.29, 0.717) is 12.2 Å². The van der Waals surface area contributed by atoms with Crippen LogP contribution in [-0.2, 0) is 4.79 Å². The molecule has 0 aromatic heterocycles. The molecule has 0 bridgehead atoms. The van der Waals surface area contributed by atoms with Crippen LogP contribution in [0.25, 0.3) is 0 Å². The number of carboxylic acid groups (broad SMARTS) is 1. The minimum Gasteiger partial charge on any atom is -0.480 e. The maximum absolute atomic E-state index is 13.6. The number of nitrogens with one attached hydrogen (secondary N) is 1. The number of carbonyl (C=O) groups excluding carboxylic acids is 1. The molecular formula is C13H17FN2O3S. The van der Waals surface area contributed by atoms with E-state index in [1.54, 1.807) is 6.07 Å². The van der Waals surface area contributed by atoms with E-state index in [2.05, 4.69) is 5.32 Å². The quantitative estimate of drug-likeness (QED) is 0.845. The number of thioether (sulfide) groups is 1. The predicted molar refractivity (Wildman–Crippen MR) is 77.8 cm³/mol. The molecule has 1 atom stereocenters. The first-order chi connectivity index (χ1) is 9.47. The van der Waals surface area contributed by atoms with Gasteiger partial charge in [-0.1, -0.05) is 12.1 Å². The number of amides is 2. The van der Waals surface area contributed by atoms with Crippen molar-refractivity contribution >= 4 is 29.4 Å². The topological polar surface area (TPSA) is 69.6 Å². The van der Waals surface area contributed by atoms with E-state index < -0.39 is 23.9 Å². The van der Waals surface area contributed by atoms with Crippen molar-refractivity contribution in [2.24, 2.45) is 0 Å². The van der Waals surface area contributed by atoms with Gasteiger partial charge in [-0.25, -0.2) is 14.0 Å². The first kappa shape index (κ1) is 16.3. The second-order valence-electron chi connectivity index (χ2n) is 4.13. The molecule has 5 nitrogen and oxygen atoms in total. The van der Waals surface area contributed by atoms with Crippen LogP contribution in [0.5, 0.6) is 0 Å². The van der Waals surface area contributed by atoms with Gasteiger partial charge in [0.05, 0.1) is 5.69 Å². The summed E-state index contributed by atoms with van der Waals surface area (Å²) < 4.78 is 13.6. The highest BCUT2D eigenvalue weighted by Gasteiger charge is 2.22. The third-order valence-electron chi connectivity index (χ3n) is 2.72. The average Bonchev–Trinajstić information content (AvgIpc) is 2.42. The number of carboxylic acids is 1. The lowest BCUT2D eigenvalue weighted by Crippen LogP contribution is -2.47. The summed E-state index contributed by atoms with van der Waals surface area (Å²) in [6.07, 6.45) is 2.17. The Morgan fingerprint density at radius 2 is 2.10 bits per heavy atom. The van der Waals surface area contributed by atoms with Gasteiger partial charge in [0.25, 0.3) is 0 Å². The lowest BCUT2D eigenvalue weighted by atomic mass is 10.2. The molecule has 0 aliphatic rings. The first-order valence-electron chi connectivity index (χ1n) is 5.98. The number of halogens is 1. The summed E-state index contributed by atoms with van der Waals surface area (Å²) in [6, 6.07) is 4.18. The van der Waals surface area contributed by atoms with Gasteiger partial charge in [0.2, 0.25) is 0 Å². The minimum absolute atomic E-state index is 0.0963. The number of aliphatic carboxylic acids is 1. The van der Waals surface area contributed by atoms with E-state index in [1.165, 1.54) is 37.0 Å². The van der Waals surface area contributed by atoms with E-state index in [-0.39, 0.29) is 5.69 Å². The molecular weight excluding hydrogens is 283 g/mol. The third kappa shape index (κ3) is 4.41. The fraction of sp³-hybridized carbons (Fsp3) is 0.385. The van der Waals surface area contributed by atoms with E-state index in [4.69, 9.17) is 5.11 Å². The summed E-state index contributed by atoms with van der Waals surface area (Å²) in [5.74, 6) is -1.03. The van der Waals surface area contributed by atoms with Gasteiger partial charge in [-0.05, 0) is 30.6 Å². The van der Waals surface area contributed by atoms with E-state index in [1.807, 2.05) is 6.26 Å². The highest BCUT2D eigenvalue weighted by atomic mass is 32.2. The maximum atomic E-state index is 13.6. The third-order valence-corrected chi connectivity index (χ3v) is 3.37. The zero-order valence-corrected chi connectivity index (χ0v) is 12.1. The summed E-state index contributed by atoms with van der Waals surface area (Å²) in [7, 11) is 1.39. The van der Waals surface area contributed by atoms with Crippen molar-refractivity contribution in [3.63, 3.8) is 0 Å². The van der Waals surface area contributed by atoms with E-state index >= 15 is 0 Å². The Kier molecular flexibility index (Phi) is 6.30. The summed E-state index contributed by atoms with van der Waals surface area (Å²) in [5, 5.41) is 11.4. The van der Waals surface area contributed by atoms with Gasteiger partial charge in [0, 0.05) is 7.05 Å². The Balaban J connectivity index is 2.73. The molecule has 0 aliphatic carbocycles. The van der Waals surface area contributed by atoms with Crippen LogP contribution in [0.2, 0.25) is 0 Å². The van der Waals surface area contributed by atoms with Crippen LogP contribution < -0.4 is 10.2 Å². The summed E-state index contributed by atoms with van der Waals surface area (Å²) in [5.41, 5.74) is 0.0963. The monoisotopic (exact) mass is 300 g/mol. The molecule has 2 amide bonds. The number of hydrogen-bond donors (Lipinski definition) is 2. The standard InChI is InChI=1S/C13H17FN2O3S/c1-16(11-6-4-3-5-9(11)14)13(19)15-10(12(17)18)7-8-20-2/h3-6,10H,7-8H2,1-2H3,(H,15,19)(H,17,18)/t10-/m1/s1. The molecule has 0 radical (unpaired) electrons. The molecule has 0 spiro atoms.